The van der Waals surface area contributed by atoms with Crippen LogP contribution >= 0.6 is 0 Å². The lowest BCUT2D eigenvalue weighted by Crippen LogP contribution is -2.42. The fourth-order valence-corrected chi connectivity index (χ4v) is 4.49. The number of ether oxygens (including phenoxy) is 1. The molecule has 0 aromatic heterocycles. The Bertz CT molecular complexity index is 369. The van der Waals surface area contributed by atoms with Crippen molar-refractivity contribution in [3.05, 3.63) is 0 Å². The van der Waals surface area contributed by atoms with E-state index >= 15 is 0 Å². The van der Waals surface area contributed by atoms with Crippen LogP contribution in [0.2, 0.25) is 0 Å². The highest BCUT2D eigenvalue weighted by molar-refractivity contribution is 5.83. The van der Waals surface area contributed by atoms with E-state index in [1.807, 2.05) is 13.8 Å². The summed E-state index contributed by atoms with van der Waals surface area (Å²) < 4.78 is 5.59. The third-order valence-corrected chi connectivity index (χ3v) is 5.05. The molecule has 4 fully saturated rings. The molecule has 2 saturated carbocycles. The van der Waals surface area contributed by atoms with Gasteiger partial charge in [0.25, 0.3) is 0 Å². The molecule has 88 valence electrons. The first-order valence-corrected chi connectivity index (χ1v) is 6.27. The number of hydrogen-bond acceptors (Lipinski definition) is 3. The van der Waals surface area contributed by atoms with Crippen LogP contribution in [0.3, 0.4) is 0 Å². The molecule has 0 radical (unpaired) electrons. The normalized spacial score (nSPS) is 57.1. The SMILES string of the molecule is CC(C)N1C(=O)C2C3CC(C4OC34)C2[C@@H]1O. The van der Waals surface area contributed by atoms with Crippen LogP contribution in [-0.2, 0) is 9.53 Å². The van der Waals surface area contributed by atoms with Crippen LogP contribution in [0.4, 0.5) is 0 Å². The summed E-state index contributed by atoms with van der Waals surface area (Å²) in [6.07, 6.45) is 1.23. The molecule has 2 saturated heterocycles. The third-order valence-electron chi connectivity index (χ3n) is 5.05. The molecule has 2 heterocycles. The first kappa shape index (κ1) is 9.42. The Balaban J connectivity index is 1.72. The minimum absolute atomic E-state index is 0.0474. The van der Waals surface area contributed by atoms with Crippen molar-refractivity contribution in [2.24, 2.45) is 23.7 Å². The van der Waals surface area contributed by atoms with Crippen molar-refractivity contribution in [3.63, 3.8) is 0 Å². The van der Waals surface area contributed by atoms with E-state index in [2.05, 4.69) is 0 Å². The Morgan fingerprint density at radius 3 is 2.75 bits per heavy atom. The van der Waals surface area contributed by atoms with Gasteiger partial charge in [0.05, 0.1) is 18.1 Å². The summed E-state index contributed by atoms with van der Waals surface area (Å²) in [6.45, 7) is 3.95. The summed E-state index contributed by atoms with van der Waals surface area (Å²) >= 11 is 0. The maximum atomic E-state index is 12.3. The molecule has 1 N–H and O–H groups in total. The van der Waals surface area contributed by atoms with E-state index < -0.39 is 6.23 Å². The highest BCUT2D eigenvalue weighted by Gasteiger charge is 2.73. The first-order valence-electron chi connectivity index (χ1n) is 6.27. The highest BCUT2D eigenvalue weighted by atomic mass is 16.6. The van der Waals surface area contributed by atoms with Crippen molar-refractivity contribution in [2.45, 2.75) is 44.7 Å². The van der Waals surface area contributed by atoms with Crippen LogP contribution in [0.1, 0.15) is 20.3 Å². The number of likely N-dealkylation sites (tertiary alicyclic amines) is 1. The highest BCUT2D eigenvalue weighted by Crippen LogP contribution is 2.64. The van der Waals surface area contributed by atoms with Gasteiger partial charge in [0.15, 0.2) is 0 Å². The summed E-state index contributed by atoms with van der Waals surface area (Å²) in [7, 11) is 0. The minimum Gasteiger partial charge on any atom is -0.373 e. The van der Waals surface area contributed by atoms with Gasteiger partial charge in [0, 0.05) is 17.9 Å². The van der Waals surface area contributed by atoms with Crippen molar-refractivity contribution in [2.75, 3.05) is 0 Å². The van der Waals surface area contributed by atoms with Gasteiger partial charge in [-0.15, -0.1) is 0 Å². The topological polar surface area (TPSA) is 53.1 Å². The smallest absolute Gasteiger partial charge is 0.228 e. The molecule has 7 atom stereocenters. The van der Waals surface area contributed by atoms with Gasteiger partial charge in [0.1, 0.15) is 6.23 Å². The van der Waals surface area contributed by atoms with Crippen molar-refractivity contribution in [1.82, 2.24) is 4.90 Å². The van der Waals surface area contributed by atoms with Crippen LogP contribution in [0.15, 0.2) is 0 Å². The number of aliphatic hydroxyl groups is 1. The summed E-state index contributed by atoms with van der Waals surface area (Å²) in [5.74, 6) is 1.18. The number of fused-ring (bicyclic) bond motifs is 8. The fraction of sp³-hybridized carbons (Fsp3) is 0.917. The number of nitrogens with zero attached hydrogens (tertiary/aromatic N) is 1. The van der Waals surface area contributed by atoms with Crippen LogP contribution in [0.5, 0.6) is 0 Å². The number of carbonyl (C=O) groups excluding carboxylic acids is 1. The monoisotopic (exact) mass is 223 g/mol. The van der Waals surface area contributed by atoms with E-state index in [1.165, 1.54) is 0 Å². The maximum Gasteiger partial charge on any atom is 0.228 e. The van der Waals surface area contributed by atoms with E-state index in [9.17, 15) is 9.90 Å². The zero-order valence-electron chi connectivity index (χ0n) is 9.54. The summed E-state index contributed by atoms with van der Waals surface area (Å²) in [4.78, 5) is 14.0. The molecular weight excluding hydrogens is 206 g/mol. The van der Waals surface area contributed by atoms with Crippen molar-refractivity contribution in [3.8, 4) is 0 Å². The second kappa shape index (κ2) is 2.62. The number of epoxide rings is 1. The van der Waals surface area contributed by atoms with Gasteiger partial charge < -0.3 is 14.7 Å². The largest absolute Gasteiger partial charge is 0.373 e. The number of carbonyl (C=O) groups is 1. The van der Waals surface area contributed by atoms with E-state index in [-0.39, 0.29) is 23.8 Å². The molecule has 4 heteroatoms. The lowest BCUT2D eigenvalue weighted by Gasteiger charge is -2.28. The Morgan fingerprint density at radius 1 is 1.38 bits per heavy atom. The molecule has 4 nitrogen and oxygen atoms in total. The standard InChI is InChI=1S/C12H17NO3/c1-4(2)13-11(14)7-5-3-6(8(7)12(13)15)10-9(5)16-10/h4-11,14H,3H2,1-2H3/t5?,6?,7?,8?,9?,10?,11-/m0/s1. The van der Waals surface area contributed by atoms with Crippen molar-refractivity contribution < 1.29 is 14.6 Å². The average Bonchev–Trinajstić information content (AvgIpc) is 2.72. The molecule has 0 aromatic carbocycles. The van der Waals surface area contributed by atoms with Crippen LogP contribution in [0.25, 0.3) is 0 Å². The molecule has 6 unspecified atom stereocenters. The van der Waals surface area contributed by atoms with Gasteiger partial charge in [-0.25, -0.2) is 0 Å². The van der Waals surface area contributed by atoms with Gasteiger partial charge in [-0.3, -0.25) is 4.79 Å². The van der Waals surface area contributed by atoms with Gasteiger partial charge in [-0.1, -0.05) is 0 Å². The Kier molecular flexibility index (Phi) is 1.54. The maximum absolute atomic E-state index is 12.3. The number of amides is 1. The van der Waals surface area contributed by atoms with E-state index in [4.69, 9.17) is 4.74 Å². The molecular formula is C12H17NO3. The Hall–Kier alpha value is -0.610. The van der Waals surface area contributed by atoms with E-state index in [1.54, 1.807) is 4.90 Å². The van der Waals surface area contributed by atoms with E-state index in [0.717, 1.165) is 6.42 Å². The zero-order chi connectivity index (χ0) is 11.2. The predicted octanol–water partition coefficient (Wildman–Crippen LogP) is 0.205. The summed E-state index contributed by atoms with van der Waals surface area (Å²) in [5, 5.41) is 10.3. The van der Waals surface area contributed by atoms with Gasteiger partial charge >= 0.3 is 0 Å². The van der Waals surface area contributed by atoms with Crippen molar-refractivity contribution >= 4 is 5.91 Å². The predicted molar refractivity (Wildman–Crippen MR) is 55.2 cm³/mol. The average molecular weight is 223 g/mol. The molecule has 0 aromatic rings. The van der Waals surface area contributed by atoms with Crippen LogP contribution in [0, 0.1) is 23.7 Å². The molecule has 16 heavy (non-hydrogen) atoms. The first-order chi connectivity index (χ1) is 7.61. The Labute approximate surface area is 94.6 Å². The van der Waals surface area contributed by atoms with Gasteiger partial charge in [0.2, 0.25) is 5.91 Å². The molecule has 0 spiro atoms. The summed E-state index contributed by atoms with van der Waals surface area (Å²) in [5.41, 5.74) is 0. The number of hydrogen-bond donors (Lipinski definition) is 1. The lowest BCUT2D eigenvalue weighted by molar-refractivity contribution is -0.139. The lowest BCUT2D eigenvalue weighted by atomic mass is 9.81. The minimum atomic E-state index is -0.572. The third kappa shape index (κ3) is 0.843. The number of aliphatic hydroxyl groups excluding tert-OH is 1. The second-order valence-corrected chi connectivity index (χ2v) is 5.98. The second-order valence-electron chi connectivity index (χ2n) is 5.98. The summed E-state index contributed by atoms with van der Waals surface area (Å²) in [6, 6.07) is 0.102. The molecule has 4 aliphatic rings. The van der Waals surface area contributed by atoms with E-state index in [0.29, 0.717) is 24.0 Å². The van der Waals surface area contributed by atoms with Gasteiger partial charge in [-0.05, 0) is 26.2 Å². The van der Waals surface area contributed by atoms with Gasteiger partial charge in [-0.2, -0.15) is 0 Å². The molecule has 2 bridgehead atoms. The number of rotatable bonds is 1. The fourth-order valence-electron chi connectivity index (χ4n) is 4.49. The molecule has 4 rings (SSSR count). The zero-order valence-corrected chi connectivity index (χ0v) is 9.54. The van der Waals surface area contributed by atoms with Crippen molar-refractivity contribution in [1.29, 1.82) is 0 Å². The van der Waals surface area contributed by atoms with Crippen LogP contribution < -0.4 is 0 Å². The Morgan fingerprint density at radius 2 is 2.06 bits per heavy atom. The van der Waals surface area contributed by atoms with Crippen LogP contribution in [-0.4, -0.2) is 40.4 Å². The molecule has 1 amide bonds. The quantitative estimate of drug-likeness (QED) is 0.646. The molecule has 2 aliphatic heterocycles. The molecule has 2 aliphatic carbocycles.